The molecule has 29 heavy (non-hydrogen) atoms. The second-order valence-corrected chi connectivity index (χ2v) is 8.65. The summed E-state index contributed by atoms with van der Waals surface area (Å²) in [5.74, 6) is 0.472. The number of allylic oxidation sites excluding steroid dienone is 2. The number of rotatable bonds is 5. The molecule has 4 rings (SSSR count). The van der Waals surface area contributed by atoms with Crippen LogP contribution in [0.2, 0.25) is 0 Å². The van der Waals surface area contributed by atoms with Crippen LogP contribution in [0.25, 0.3) is 0 Å². The number of carbonyl (C=O) groups excluding carboxylic acids is 1. The summed E-state index contributed by atoms with van der Waals surface area (Å²) in [5, 5.41) is 11.9. The number of carbonyl (C=O) groups is 1. The largest absolute Gasteiger partial charge is 0.488 e. The fraction of sp³-hybridized carbons (Fsp3) is 0.500. The first-order chi connectivity index (χ1) is 13.8. The van der Waals surface area contributed by atoms with Crippen molar-refractivity contribution in [3.63, 3.8) is 0 Å². The molecule has 1 aromatic carbocycles. The third kappa shape index (κ3) is 3.26. The molecule has 0 bridgehead atoms. The number of azo groups is 1. The summed E-state index contributed by atoms with van der Waals surface area (Å²) in [6, 6.07) is 7.14. The Morgan fingerprint density at radius 1 is 1.31 bits per heavy atom. The summed E-state index contributed by atoms with van der Waals surface area (Å²) < 4.78 is 30.5. The number of ketones is 1. The molecule has 1 aliphatic carbocycles. The maximum Gasteiger partial charge on any atom is 0.272 e. The lowest BCUT2D eigenvalue weighted by atomic mass is 9.59. The van der Waals surface area contributed by atoms with Crippen LogP contribution in [-0.4, -0.2) is 25.0 Å². The number of nitrogens with one attached hydrogen (secondary N) is 1. The Morgan fingerprint density at radius 2 is 2.10 bits per heavy atom. The number of ether oxygens (including phenoxy) is 1. The first-order valence-electron chi connectivity index (χ1n) is 9.92. The molecular formula is C22H25F2N3O2. The van der Waals surface area contributed by atoms with Crippen LogP contribution in [0.15, 0.2) is 57.5 Å². The smallest absolute Gasteiger partial charge is 0.272 e. The Morgan fingerprint density at radius 3 is 2.83 bits per heavy atom. The quantitative estimate of drug-likeness (QED) is 0.763. The van der Waals surface area contributed by atoms with Crippen LogP contribution >= 0.6 is 0 Å². The van der Waals surface area contributed by atoms with Crippen LogP contribution in [0.3, 0.4) is 0 Å². The maximum atomic E-state index is 13.4. The molecule has 1 N–H and O–H groups in total. The van der Waals surface area contributed by atoms with Gasteiger partial charge in [0, 0.05) is 23.3 Å². The van der Waals surface area contributed by atoms with Gasteiger partial charge in [0.1, 0.15) is 12.4 Å². The van der Waals surface area contributed by atoms with Crippen LogP contribution in [0.1, 0.15) is 45.6 Å². The highest BCUT2D eigenvalue weighted by molar-refractivity contribution is 6.01. The van der Waals surface area contributed by atoms with E-state index in [2.05, 4.69) is 29.4 Å². The van der Waals surface area contributed by atoms with Gasteiger partial charge >= 0.3 is 0 Å². The average Bonchev–Trinajstić information content (AvgIpc) is 3.12. The molecule has 1 aromatic rings. The predicted octanol–water partition coefficient (Wildman–Crippen LogP) is 4.90. The molecule has 0 saturated carbocycles. The molecule has 0 spiro atoms. The molecule has 7 heteroatoms. The molecule has 3 aliphatic rings. The molecule has 154 valence electrons. The van der Waals surface area contributed by atoms with Crippen molar-refractivity contribution in [3.8, 4) is 5.75 Å². The van der Waals surface area contributed by atoms with E-state index in [1.165, 1.54) is 0 Å². The van der Waals surface area contributed by atoms with Crippen LogP contribution < -0.4 is 10.1 Å². The van der Waals surface area contributed by atoms with Gasteiger partial charge in [0.25, 0.3) is 6.43 Å². The molecule has 0 amide bonds. The average molecular weight is 401 g/mol. The van der Waals surface area contributed by atoms with E-state index in [-0.39, 0.29) is 17.4 Å². The van der Waals surface area contributed by atoms with Crippen LogP contribution in [0.4, 0.5) is 8.78 Å². The number of benzene rings is 1. The Kier molecular flexibility index (Phi) is 4.79. The van der Waals surface area contributed by atoms with Crippen molar-refractivity contribution in [2.24, 2.45) is 15.6 Å². The maximum absolute atomic E-state index is 13.4. The van der Waals surface area contributed by atoms with Gasteiger partial charge in [0.2, 0.25) is 0 Å². The normalized spacial score (nSPS) is 27.4. The first-order valence-corrected chi connectivity index (χ1v) is 9.92. The lowest BCUT2D eigenvalue weighted by molar-refractivity contribution is -0.119. The van der Waals surface area contributed by atoms with Gasteiger partial charge in [-0.2, -0.15) is 10.2 Å². The topological polar surface area (TPSA) is 63.1 Å². The second-order valence-electron chi connectivity index (χ2n) is 8.65. The lowest BCUT2D eigenvalue weighted by Crippen LogP contribution is -2.51. The van der Waals surface area contributed by atoms with Crippen molar-refractivity contribution in [3.05, 3.63) is 52.9 Å². The van der Waals surface area contributed by atoms with Crippen molar-refractivity contribution in [2.45, 2.75) is 58.0 Å². The van der Waals surface area contributed by atoms with Gasteiger partial charge < -0.3 is 10.1 Å². The second kappa shape index (κ2) is 7.04. The molecule has 2 aliphatic heterocycles. The monoisotopic (exact) mass is 401 g/mol. The van der Waals surface area contributed by atoms with E-state index in [1.807, 2.05) is 13.0 Å². The first kappa shape index (κ1) is 19.7. The van der Waals surface area contributed by atoms with Gasteiger partial charge in [0.05, 0.1) is 11.6 Å². The number of hydrogen-bond acceptors (Lipinski definition) is 5. The van der Waals surface area contributed by atoms with E-state index < -0.39 is 18.4 Å². The lowest BCUT2D eigenvalue weighted by Gasteiger charge is -2.47. The number of alkyl halides is 2. The Labute approximate surface area is 168 Å². The summed E-state index contributed by atoms with van der Waals surface area (Å²) in [6.45, 7) is 5.54. The summed E-state index contributed by atoms with van der Waals surface area (Å²) >= 11 is 0. The molecule has 1 unspecified atom stereocenters. The fourth-order valence-electron chi connectivity index (χ4n) is 4.90. The van der Waals surface area contributed by atoms with Crippen LogP contribution in [-0.2, 0) is 10.2 Å². The zero-order valence-corrected chi connectivity index (χ0v) is 16.8. The Balaban J connectivity index is 1.87. The van der Waals surface area contributed by atoms with E-state index >= 15 is 0 Å². The minimum Gasteiger partial charge on any atom is -0.488 e. The summed E-state index contributed by atoms with van der Waals surface area (Å²) in [6.07, 6.45) is 0.699. The summed E-state index contributed by atoms with van der Waals surface area (Å²) in [7, 11) is 0. The zero-order valence-electron chi connectivity index (χ0n) is 16.8. The highest BCUT2D eigenvalue weighted by Crippen LogP contribution is 2.53. The zero-order chi connectivity index (χ0) is 20.8. The molecule has 0 fully saturated rings. The molecule has 0 saturated heterocycles. The fourth-order valence-corrected chi connectivity index (χ4v) is 4.90. The highest BCUT2D eigenvalue weighted by atomic mass is 19.3. The highest BCUT2D eigenvalue weighted by Gasteiger charge is 2.53. The molecule has 0 aromatic heterocycles. The number of Topliss-reactive ketones (excluding diaryl/α,β-unsaturated/α-hetero) is 1. The Bertz CT molecular complexity index is 936. The van der Waals surface area contributed by atoms with Gasteiger partial charge in [-0.1, -0.05) is 32.9 Å². The minimum atomic E-state index is -2.55. The standard InChI is InChI=1S/C22H25F2N3O2/c1-4-22(13-6-5-7-14(8-13)29-12-18(23)24)15-11-25-27-20(15)26-16-9-21(2,3)10-17(28)19(16)22/h5-8,11,18,20,26H,4,9-10,12H2,1-3H3/t20?,22-/m0/s1. The van der Waals surface area contributed by atoms with Crippen molar-refractivity contribution in [2.75, 3.05) is 6.61 Å². The van der Waals surface area contributed by atoms with Crippen LogP contribution in [0, 0.1) is 5.41 Å². The van der Waals surface area contributed by atoms with Crippen molar-refractivity contribution < 1.29 is 18.3 Å². The number of nitrogens with zero attached hydrogens (tertiary/aromatic N) is 2. The SMILES string of the molecule is CC[C@]1(c2cccc(OCC(F)F)c2)C2=CN=NC2NC2=C1C(=O)CC(C)(C)C2. The molecule has 5 nitrogen and oxygen atoms in total. The van der Waals surface area contributed by atoms with Crippen LogP contribution in [0.5, 0.6) is 5.75 Å². The number of hydrogen-bond donors (Lipinski definition) is 1. The van der Waals surface area contributed by atoms with Crippen molar-refractivity contribution >= 4 is 5.78 Å². The van der Waals surface area contributed by atoms with E-state index in [0.29, 0.717) is 18.6 Å². The van der Waals surface area contributed by atoms with Gasteiger partial charge in [-0.15, -0.1) is 0 Å². The Hall–Kier alpha value is -2.57. The third-order valence-corrected chi connectivity index (χ3v) is 6.01. The van der Waals surface area contributed by atoms with E-state index in [9.17, 15) is 13.6 Å². The number of halogens is 2. The van der Waals surface area contributed by atoms with Gasteiger partial charge in [-0.05, 0) is 36.0 Å². The van der Waals surface area contributed by atoms with Crippen molar-refractivity contribution in [1.82, 2.24) is 5.32 Å². The van der Waals surface area contributed by atoms with E-state index in [0.717, 1.165) is 28.8 Å². The molecule has 0 radical (unpaired) electrons. The van der Waals surface area contributed by atoms with E-state index in [1.54, 1.807) is 24.4 Å². The molecule has 2 heterocycles. The molecular weight excluding hydrogens is 376 g/mol. The predicted molar refractivity (Wildman–Crippen MR) is 105 cm³/mol. The third-order valence-electron chi connectivity index (χ3n) is 6.01. The van der Waals surface area contributed by atoms with E-state index in [4.69, 9.17) is 4.74 Å². The summed E-state index contributed by atoms with van der Waals surface area (Å²) in [4.78, 5) is 13.4. The number of fused-ring (bicyclic) bond motifs is 1. The minimum absolute atomic E-state index is 0.107. The van der Waals surface area contributed by atoms with Crippen molar-refractivity contribution in [1.29, 1.82) is 0 Å². The van der Waals surface area contributed by atoms with Gasteiger partial charge in [-0.25, -0.2) is 8.78 Å². The molecule has 2 atom stereocenters. The van der Waals surface area contributed by atoms with Gasteiger partial charge in [-0.3, -0.25) is 4.79 Å². The summed E-state index contributed by atoms with van der Waals surface area (Å²) in [5.41, 5.74) is 2.58. The van der Waals surface area contributed by atoms with Gasteiger partial charge in [0.15, 0.2) is 11.9 Å².